The Balaban J connectivity index is 2.04. The fraction of sp³-hybridized carbons (Fsp3) is 0.375. The van der Waals surface area contributed by atoms with E-state index in [-0.39, 0.29) is 5.82 Å². The van der Waals surface area contributed by atoms with Crippen LogP contribution in [0.2, 0.25) is 0 Å². The van der Waals surface area contributed by atoms with Crippen molar-refractivity contribution in [3.63, 3.8) is 0 Å². The molecule has 0 atom stereocenters. The second-order valence-electron chi connectivity index (χ2n) is 5.47. The molecule has 1 aliphatic rings. The van der Waals surface area contributed by atoms with E-state index in [9.17, 15) is 4.39 Å². The van der Waals surface area contributed by atoms with E-state index in [0.717, 1.165) is 11.4 Å². The summed E-state index contributed by atoms with van der Waals surface area (Å²) < 4.78 is 14.0. The smallest absolute Gasteiger partial charge is 0.139 e. The molecule has 1 aromatic carbocycles. The number of aromatic nitrogens is 2. The Morgan fingerprint density at radius 2 is 2.00 bits per heavy atom. The van der Waals surface area contributed by atoms with Gasteiger partial charge in [0.25, 0.3) is 0 Å². The molecule has 3 rings (SSSR count). The number of nitrogens with one attached hydrogen (secondary N) is 1. The number of hydrogen-bond donors (Lipinski definition) is 1. The summed E-state index contributed by atoms with van der Waals surface area (Å²) >= 11 is 5.28. The van der Waals surface area contributed by atoms with Crippen molar-refractivity contribution in [3.05, 3.63) is 46.0 Å². The van der Waals surface area contributed by atoms with Gasteiger partial charge in [0.2, 0.25) is 0 Å². The first kappa shape index (κ1) is 13.4. The number of hydrogen-bond acceptors (Lipinski definition) is 2. The third-order valence-corrected chi connectivity index (χ3v) is 4.20. The molecule has 0 amide bonds. The molecule has 1 aromatic heterocycles. The molecule has 1 aliphatic carbocycles. The summed E-state index contributed by atoms with van der Waals surface area (Å²) in [5.74, 6) is 1.10. The minimum Gasteiger partial charge on any atom is -0.343 e. The van der Waals surface area contributed by atoms with Crippen LogP contribution in [-0.2, 0) is 0 Å². The van der Waals surface area contributed by atoms with Gasteiger partial charge in [-0.2, -0.15) is 0 Å². The molecule has 1 fully saturated rings. The minimum absolute atomic E-state index is 0.195. The normalized spacial score (nSPS) is 15.7. The SMILES string of the molecule is Cc1cc(-c2nc(=S)cc(C3CCCC3)[nH]2)ccc1F. The van der Waals surface area contributed by atoms with Crippen LogP contribution in [0.1, 0.15) is 42.9 Å². The molecule has 0 saturated heterocycles. The molecule has 2 aromatic rings. The first-order valence-corrected chi connectivity index (χ1v) is 7.42. The molecular formula is C16H17FN2S. The molecule has 4 heteroatoms. The molecule has 0 aliphatic heterocycles. The topological polar surface area (TPSA) is 28.7 Å². The van der Waals surface area contributed by atoms with Crippen molar-refractivity contribution < 1.29 is 4.39 Å². The minimum atomic E-state index is -0.195. The van der Waals surface area contributed by atoms with E-state index < -0.39 is 0 Å². The Morgan fingerprint density at radius 3 is 2.70 bits per heavy atom. The van der Waals surface area contributed by atoms with Gasteiger partial charge in [0.05, 0.1) is 0 Å². The number of rotatable bonds is 2. The fourth-order valence-electron chi connectivity index (χ4n) is 2.86. The van der Waals surface area contributed by atoms with Crippen LogP contribution < -0.4 is 0 Å². The van der Waals surface area contributed by atoms with E-state index in [1.165, 1.54) is 37.4 Å². The lowest BCUT2D eigenvalue weighted by Crippen LogP contribution is -2.00. The van der Waals surface area contributed by atoms with Crippen molar-refractivity contribution in [2.45, 2.75) is 38.5 Å². The van der Waals surface area contributed by atoms with E-state index in [4.69, 9.17) is 12.2 Å². The van der Waals surface area contributed by atoms with Gasteiger partial charge in [0.15, 0.2) is 0 Å². The molecule has 20 heavy (non-hydrogen) atoms. The lowest BCUT2D eigenvalue weighted by atomic mass is 10.0. The van der Waals surface area contributed by atoms with Crippen LogP contribution in [0, 0.1) is 17.4 Å². The van der Waals surface area contributed by atoms with Crippen LogP contribution in [0.4, 0.5) is 4.39 Å². The number of nitrogens with zero attached hydrogens (tertiary/aromatic N) is 1. The first-order chi connectivity index (χ1) is 9.63. The lowest BCUT2D eigenvalue weighted by molar-refractivity contribution is 0.618. The molecule has 0 bridgehead atoms. The van der Waals surface area contributed by atoms with Crippen molar-refractivity contribution in [1.29, 1.82) is 0 Å². The van der Waals surface area contributed by atoms with Gasteiger partial charge in [-0.05, 0) is 55.5 Å². The quantitative estimate of drug-likeness (QED) is 0.795. The Labute approximate surface area is 123 Å². The van der Waals surface area contributed by atoms with E-state index in [2.05, 4.69) is 9.97 Å². The predicted molar refractivity (Wildman–Crippen MR) is 80.8 cm³/mol. The van der Waals surface area contributed by atoms with Crippen molar-refractivity contribution in [2.24, 2.45) is 0 Å². The highest BCUT2D eigenvalue weighted by molar-refractivity contribution is 7.71. The van der Waals surface area contributed by atoms with Crippen LogP contribution in [0.5, 0.6) is 0 Å². The molecule has 0 radical (unpaired) electrons. The zero-order valence-electron chi connectivity index (χ0n) is 11.4. The molecule has 1 heterocycles. The van der Waals surface area contributed by atoms with E-state index in [1.807, 2.05) is 6.07 Å². The first-order valence-electron chi connectivity index (χ1n) is 7.01. The van der Waals surface area contributed by atoms with Crippen LogP contribution in [0.3, 0.4) is 0 Å². The Morgan fingerprint density at radius 1 is 1.25 bits per heavy atom. The summed E-state index contributed by atoms with van der Waals surface area (Å²) in [6, 6.07) is 6.99. The summed E-state index contributed by atoms with van der Waals surface area (Å²) in [5, 5.41) is 0. The maximum absolute atomic E-state index is 13.4. The lowest BCUT2D eigenvalue weighted by Gasteiger charge is -2.12. The van der Waals surface area contributed by atoms with Crippen molar-refractivity contribution in [2.75, 3.05) is 0 Å². The number of halogens is 1. The Kier molecular flexibility index (Phi) is 3.66. The Bertz CT molecular complexity index is 687. The molecule has 2 nitrogen and oxygen atoms in total. The zero-order valence-corrected chi connectivity index (χ0v) is 12.3. The maximum Gasteiger partial charge on any atom is 0.139 e. The van der Waals surface area contributed by atoms with Crippen molar-refractivity contribution >= 4 is 12.2 Å². The number of aryl methyl sites for hydroxylation is 1. The summed E-state index contributed by atoms with van der Waals surface area (Å²) in [6.45, 7) is 1.76. The molecule has 104 valence electrons. The van der Waals surface area contributed by atoms with Gasteiger partial charge in [-0.25, -0.2) is 9.37 Å². The van der Waals surface area contributed by atoms with E-state index in [1.54, 1.807) is 19.1 Å². The largest absolute Gasteiger partial charge is 0.343 e. The molecule has 1 N–H and O–H groups in total. The van der Waals surface area contributed by atoms with Crippen molar-refractivity contribution in [1.82, 2.24) is 9.97 Å². The van der Waals surface area contributed by atoms with Crippen LogP contribution >= 0.6 is 12.2 Å². The van der Waals surface area contributed by atoms with Gasteiger partial charge in [-0.1, -0.05) is 25.1 Å². The second-order valence-corrected chi connectivity index (χ2v) is 5.89. The number of aromatic amines is 1. The van der Waals surface area contributed by atoms with Gasteiger partial charge in [-0.15, -0.1) is 0 Å². The highest BCUT2D eigenvalue weighted by Gasteiger charge is 2.18. The van der Waals surface area contributed by atoms with E-state index in [0.29, 0.717) is 16.1 Å². The third-order valence-electron chi connectivity index (χ3n) is 3.99. The fourth-order valence-corrected chi connectivity index (χ4v) is 3.08. The van der Waals surface area contributed by atoms with Crippen LogP contribution in [0.15, 0.2) is 24.3 Å². The van der Waals surface area contributed by atoms with E-state index >= 15 is 0 Å². The molecule has 0 unspecified atom stereocenters. The standard InChI is InChI=1S/C16H17FN2S/c1-10-8-12(6-7-13(10)17)16-18-14(9-15(20)19-16)11-4-2-3-5-11/h6-9,11H,2-5H2,1H3,(H,18,19,20). The summed E-state index contributed by atoms with van der Waals surface area (Å²) in [7, 11) is 0. The highest BCUT2D eigenvalue weighted by Crippen LogP contribution is 2.33. The monoisotopic (exact) mass is 288 g/mol. The Hall–Kier alpha value is -1.55. The second kappa shape index (κ2) is 5.44. The molecule has 0 spiro atoms. The number of benzene rings is 1. The van der Waals surface area contributed by atoms with Gasteiger partial charge in [0.1, 0.15) is 16.3 Å². The van der Waals surface area contributed by atoms with Gasteiger partial charge < -0.3 is 4.98 Å². The third kappa shape index (κ3) is 2.66. The average molecular weight is 288 g/mol. The predicted octanol–water partition coefficient (Wildman–Crippen LogP) is 4.91. The summed E-state index contributed by atoms with van der Waals surface area (Å²) in [6.07, 6.45) is 4.96. The molecular weight excluding hydrogens is 271 g/mol. The zero-order chi connectivity index (χ0) is 14.1. The number of H-pyrrole nitrogens is 1. The maximum atomic E-state index is 13.4. The summed E-state index contributed by atoms with van der Waals surface area (Å²) in [4.78, 5) is 7.77. The average Bonchev–Trinajstić information content (AvgIpc) is 2.95. The van der Waals surface area contributed by atoms with Crippen LogP contribution in [-0.4, -0.2) is 9.97 Å². The van der Waals surface area contributed by atoms with Gasteiger partial charge in [0, 0.05) is 11.3 Å². The summed E-state index contributed by atoms with van der Waals surface area (Å²) in [5.41, 5.74) is 2.67. The van der Waals surface area contributed by atoms with Gasteiger partial charge >= 0.3 is 0 Å². The van der Waals surface area contributed by atoms with Gasteiger partial charge in [-0.3, -0.25) is 0 Å². The van der Waals surface area contributed by atoms with Crippen LogP contribution in [0.25, 0.3) is 11.4 Å². The highest BCUT2D eigenvalue weighted by atomic mass is 32.1. The van der Waals surface area contributed by atoms with Crippen molar-refractivity contribution in [3.8, 4) is 11.4 Å². The molecule has 1 saturated carbocycles.